The number of anilines is 1. The normalized spacial score (nSPS) is 11.2. The largest absolute Gasteiger partial charge is 0.349 e. The monoisotopic (exact) mass is 261 g/mol. The minimum absolute atomic E-state index is 0.216. The lowest BCUT2D eigenvalue weighted by Crippen LogP contribution is -2.21. The number of nitrogens with zero attached hydrogens (tertiary/aromatic N) is 3. The van der Waals surface area contributed by atoms with Crippen molar-refractivity contribution in [1.82, 2.24) is 10.4 Å². The van der Waals surface area contributed by atoms with E-state index in [0.717, 1.165) is 28.8 Å². The van der Waals surface area contributed by atoms with Crippen LogP contribution in [0.15, 0.2) is 0 Å². The molecule has 1 aromatic heterocycles. The summed E-state index contributed by atoms with van der Waals surface area (Å²) in [6.45, 7) is 8.22. The molecule has 0 saturated heterocycles. The lowest BCUT2D eigenvalue weighted by molar-refractivity contribution is -0.492. The van der Waals surface area contributed by atoms with Gasteiger partial charge in [0.15, 0.2) is 5.13 Å². The van der Waals surface area contributed by atoms with Crippen molar-refractivity contribution in [2.45, 2.75) is 27.2 Å². The molecule has 0 unspecified atom stereocenters. The van der Waals surface area contributed by atoms with E-state index >= 15 is 0 Å². The molecule has 0 bridgehead atoms. The van der Waals surface area contributed by atoms with E-state index in [9.17, 15) is 0 Å². The highest BCUT2D eigenvalue weighted by Gasteiger charge is 2.11. The summed E-state index contributed by atoms with van der Waals surface area (Å²) in [5.41, 5.74) is 0.975. The van der Waals surface area contributed by atoms with Crippen molar-refractivity contribution in [2.75, 3.05) is 24.6 Å². The van der Waals surface area contributed by atoms with Crippen molar-refractivity contribution in [3.63, 3.8) is 0 Å². The van der Waals surface area contributed by atoms with Crippen molar-refractivity contribution < 1.29 is 15.3 Å². The molecule has 0 aliphatic heterocycles. The van der Waals surface area contributed by atoms with E-state index in [4.69, 9.17) is 10.4 Å². The molecule has 1 heterocycles. The van der Waals surface area contributed by atoms with Gasteiger partial charge >= 0.3 is 0 Å². The molecule has 0 spiro atoms. The second-order valence-corrected chi connectivity index (χ2v) is 4.58. The molecule has 1 aromatic rings. The van der Waals surface area contributed by atoms with E-state index in [-0.39, 0.29) is 12.0 Å². The SMILES string of the molecule is CCN(CC)c1nc(C)c(CCON(O)O)s1. The van der Waals surface area contributed by atoms with Crippen LogP contribution in [-0.2, 0) is 11.3 Å². The zero-order valence-electron chi connectivity index (χ0n) is 10.4. The Balaban J connectivity index is 2.61. The third-order valence-corrected chi connectivity index (χ3v) is 3.73. The molecule has 98 valence electrons. The van der Waals surface area contributed by atoms with Gasteiger partial charge in [-0.25, -0.2) is 4.98 Å². The highest BCUT2D eigenvalue weighted by molar-refractivity contribution is 7.15. The van der Waals surface area contributed by atoms with Crippen LogP contribution < -0.4 is 4.90 Å². The molecule has 7 heteroatoms. The van der Waals surface area contributed by atoms with Gasteiger partial charge in [-0.15, -0.1) is 11.3 Å². The Morgan fingerprint density at radius 2 is 1.94 bits per heavy atom. The Bertz CT molecular complexity index is 340. The third kappa shape index (κ3) is 4.21. The lowest BCUT2D eigenvalue weighted by Gasteiger charge is -2.16. The summed E-state index contributed by atoms with van der Waals surface area (Å²) in [6, 6.07) is 0. The van der Waals surface area contributed by atoms with Crippen LogP contribution in [0.5, 0.6) is 0 Å². The number of thiazole rings is 1. The van der Waals surface area contributed by atoms with Crippen molar-refractivity contribution in [3.8, 4) is 0 Å². The van der Waals surface area contributed by atoms with Gasteiger partial charge in [0.25, 0.3) is 0 Å². The van der Waals surface area contributed by atoms with Crippen molar-refractivity contribution in [1.29, 1.82) is 0 Å². The predicted octanol–water partition coefficient (Wildman–Crippen LogP) is 1.85. The fourth-order valence-electron chi connectivity index (χ4n) is 1.49. The second kappa shape index (κ2) is 6.87. The first kappa shape index (κ1) is 14.3. The van der Waals surface area contributed by atoms with Gasteiger partial charge in [-0.2, -0.15) is 0 Å². The maximum Gasteiger partial charge on any atom is 0.185 e. The van der Waals surface area contributed by atoms with Crippen LogP contribution in [0.4, 0.5) is 5.13 Å². The summed E-state index contributed by atoms with van der Waals surface area (Å²) in [7, 11) is 0. The van der Waals surface area contributed by atoms with Crippen LogP contribution in [0.3, 0.4) is 0 Å². The third-order valence-electron chi connectivity index (χ3n) is 2.45. The average Bonchev–Trinajstić information content (AvgIpc) is 2.62. The molecule has 0 aliphatic rings. The highest BCUT2D eigenvalue weighted by Crippen LogP contribution is 2.26. The van der Waals surface area contributed by atoms with Crippen LogP contribution in [0, 0.1) is 6.92 Å². The Labute approximate surface area is 105 Å². The summed E-state index contributed by atoms with van der Waals surface area (Å²) < 4.78 is 0. The Hall–Kier alpha value is -0.730. The molecule has 0 aliphatic carbocycles. The van der Waals surface area contributed by atoms with E-state index in [1.807, 2.05) is 6.92 Å². The number of hydrogen-bond donors (Lipinski definition) is 2. The molecular formula is C10H19N3O3S. The van der Waals surface area contributed by atoms with Crippen LogP contribution in [0.2, 0.25) is 0 Å². The topological polar surface area (TPSA) is 69.1 Å². The number of rotatable bonds is 7. The molecule has 0 radical (unpaired) electrons. The Kier molecular flexibility index (Phi) is 5.79. The maximum atomic E-state index is 8.42. The Morgan fingerprint density at radius 3 is 2.47 bits per heavy atom. The van der Waals surface area contributed by atoms with Crippen molar-refractivity contribution in [3.05, 3.63) is 10.6 Å². The van der Waals surface area contributed by atoms with Crippen molar-refractivity contribution in [2.24, 2.45) is 0 Å². The summed E-state index contributed by atoms with van der Waals surface area (Å²) in [5, 5.41) is 17.6. The van der Waals surface area contributed by atoms with E-state index in [1.165, 1.54) is 0 Å². The average molecular weight is 261 g/mol. The van der Waals surface area contributed by atoms with Crippen LogP contribution >= 0.6 is 11.3 Å². The number of hydrogen-bond acceptors (Lipinski definition) is 7. The van der Waals surface area contributed by atoms with Gasteiger partial charge < -0.3 is 4.90 Å². The zero-order chi connectivity index (χ0) is 12.8. The summed E-state index contributed by atoms with van der Waals surface area (Å²) in [6.07, 6.45) is 0.613. The number of aryl methyl sites for hydroxylation is 1. The number of aromatic nitrogens is 1. The van der Waals surface area contributed by atoms with E-state index in [0.29, 0.717) is 6.42 Å². The molecule has 0 fully saturated rings. The highest BCUT2D eigenvalue weighted by atomic mass is 32.1. The fraction of sp³-hybridized carbons (Fsp3) is 0.700. The zero-order valence-corrected chi connectivity index (χ0v) is 11.2. The van der Waals surface area contributed by atoms with Gasteiger partial charge in [0.2, 0.25) is 0 Å². The van der Waals surface area contributed by atoms with Crippen molar-refractivity contribution >= 4 is 16.5 Å². The van der Waals surface area contributed by atoms with Crippen LogP contribution in [-0.4, -0.2) is 40.5 Å². The first-order chi connectivity index (χ1) is 8.08. The molecule has 2 N–H and O–H groups in total. The standard InChI is InChI=1S/C10H19N3O3S/c1-4-12(5-2)10-11-8(3)9(17-10)6-7-16-13(14)15/h14-15H,4-7H2,1-3H3. The summed E-state index contributed by atoms with van der Waals surface area (Å²) in [5.74, 6) is 0. The first-order valence-electron chi connectivity index (χ1n) is 5.60. The fourth-order valence-corrected chi connectivity index (χ4v) is 2.66. The molecule has 0 atom stereocenters. The van der Waals surface area contributed by atoms with E-state index in [1.54, 1.807) is 11.3 Å². The molecule has 0 saturated carbocycles. The molecular weight excluding hydrogens is 242 g/mol. The minimum atomic E-state index is -0.262. The first-order valence-corrected chi connectivity index (χ1v) is 6.42. The Morgan fingerprint density at radius 1 is 1.29 bits per heavy atom. The van der Waals surface area contributed by atoms with Gasteiger partial charge in [-0.3, -0.25) is 15.3 Å². The van der Waals surface area contributed by atoms with Gasteiger partial charge in [-0.05, 0) is 20.8 Å². The molecule has 0 amide bonds. The molecule has 0 aromatic carbocycles. The summed E-state index contributed by atoms with van der Waals surface area (Å²) >= 11 is 1.62. The molecule has 6 nitrogen and oxygen atoms in total. The van der Waals surface area contributed by atoms with Gasteiger partial charge in [0.05, 0.1) is 17.7 Å². The van der Waals surface area contributed by atoms with Gasteiger partial charge in [0, 0.05) is 24.4 Å². The maximum absolute atomic E-state index is 8.42. The van der Waals surface area contributed by atoms with E-state index < -0.39 is 0 Å². The lowest BCUT2D eigenvalue weighted by atomic mass is 10.3. The smallest absolute Gasteiger partial charge is 0.185 e. The predicted molar refractivity (Wildman–Crippen MR) is 65.5 cm³/mol. The molecule has 17 heavy (non-hydrogen) atoms. The van der Waals surface area contributed by atoms with Crippen LogP contribution in [0.1, 0.15) is 24.4 Å². The van der Waals surface area contributed by atoms with E-state index in [2.05, 4.69) is 28.6 Å². The molecule has 1 rings (SSSR count). The van der Waals surface area contributed by atoms with Gasteiger partial charge in [-0.1, -0.05) is 0 Å². The second-order valence-electron chi connectivity index (χ2n) is 3.51. The van der Waals surface area contributed by atoms with Gasteiger partial charge in [0.1, 0.15) is 0 Å². The summed E-state index contributed by atoms with van der Waals surface area (Å²) in [4.78, 5) is 12.3. The quantitative estimate of drug-likeness (QED) is 0.730. The van der Waals surface area contributed by atoms with Crippen LogP contribution in [0.25, 0.3) is 0 Å². The minimum Gasteiger partial charge on any atom is -0.349 e.